The van der Waals surface area contributed by atoms with Gasteiger partial charge in [0, 0.05) is 11.8 Å². The normalized spacial score (nSPS) is 22.7. The van der Waals surface area contributed by atoms with E-state index in [-0.39, 0.29) is 11.7 Å². The average Bonchev–Trinajstić information content (AvgIpc) is 2.91. The largest absolute Gasteiger partial charge is 0.493 e. The van der Waals surface area contributed by atoms with Crippen LogP contribution in [0.1, 0.15) is 23.7 Å². The zero-order chi connectivity index (χ0) is 18.2. The summed E-state index contributed by atoms with van der Waals surface area (Å²) in [5.41, 5.74) is 0.835. The van der Waals surface area contributed by atoms with E-state index in [4.69, 9.17) is 9.16 Å². The van der Waals surface area contributed by atoms with Crippen molar-refractivity contribution in [2.45, 2.75) is 37.7 Å². The van der Waals surface area contributed by atoms with Gasteiger partial charge in [-0.25, -0.2) is 4.79 Å². The Morgan fingerprint density at radius 1 is 1.32 bits per heavy atom. The summed E-state index contributed by atoms with van der Waals surface area (Å²) in [6.45, 7) is 6.49. The summed E-state index contributed by atoms with van der Waals surface area (Å²) >= 11 is 3.56. The van der Waals surface area contributed by atoms with E-state index in [1.807, 2.05) is 18.2 Å². The average molecular weight is 423 g/mol. The number of hydrogen-bond donors (Lipinski definition) is 0. The van der Waals surface area contributed by atoms with Gasteiger partial charge in [-0.05, 0) is 25.2 Å². The molecule has 1 aromatic carbocycles. The Hall–Kier alpha value is -1.44. The Kier molecular flexibility index (Phi) is 4.92. The van der Waals surface area contributed by atoms with E-state index < -0.39 is 13.9 Å². The highest BCUT2D eigenvalue weighted by Crippen LogP contribution is 2.50. The summed E-state index contributed by atoms with van der Waals surface area (Å²) in [4.78, 5) is 16.6. The molecule has 1 aliphatic heterocycles. The van der Waals surface area contributed by atoms with Crippen molar-refractivity contribution in [1.29, 1.82) is 0 Å². The smallest absolute Gasteiger partial charge is 0.348 e. The van der Waals surface area contributed by atoms with Crippen molar-refractivity contribution in [3.05, 3.63) is 58.3 Å². The molecule has 7 heteroatoms. The number of aromatic nitrogens is 2. The quantitative estimate of drug-likeness (QED) is 0.544. The Balaban J connectivity index is 2.36. The fraction of sp³-hybridized carbons (Fsp3) is 0.444. The molecular weight excluding hydrogens is 400 g/mol. The maximum absolute atomic E-state index is 12.6. The van der Waals surface area contributed by atoms with Crippen molar-refractivity contribution < 1.29 is 9.16 Å². The van der Waals surface area contributed by atoms with Gasteiger partial charge >= 0.3 is 5.69 Å². The van der Waals surface area contributed by atoms with Crippen LogP contribution in [0.3, 0.4) is 0 Å². The number of methoxy groups -OCH3 is 1. The summed E-state index contributed by atoms with van der Waals surface area (Å²) < 4.78 is 14.1. The highest BCUT2D eigenvalue weighted by molar-refractivity contribution is 9.09. The first kappa shape index (κ1) is 18.4. The van der Waals surface area contributed by atoms with Crippen LogP contribution in [0.25, 0.3) is 0 Å². The molecule has 0 N–H and O–H groups in total. The van der Waals surface area contributed by atoms with Gasteiger partial charge in [-0.15, -0.1) is 0 Å². The van der Waals surface area contributed by atoms with E-state index in [9.17, 15) is 4.79 Å². The van der Waals surface area contributed by atoms with Crippen LogP contribution in [0.15, 0.2) is 41.3 Å². The summed E-state index contributed by atoms with van der Waals surface area (Å²) in [7, 11) is -0.343. The molecule has 0 aliphatic carbocycles. The number of rotatable bonds is 5. The van der Waals surface area contributed by atoms with Crippen molar-refractivity contribution in [3.63, 3.8) is 0 Å². The third-order valence-electron chi connectivity index (χ3n) is 4.36. The second kappa shape index (κ2) is 6.70. The molecular formula is C18H23BrN2O3Si. The molecule has 134 valence electrons. The van der Waals surface area contributed by atoms with Gasteiger partial charge in [0.1, 0.15) is 11.3 Å². The summed E-state index contributed by atoms with van der Waals surface area (Å²) in [5.74, 6) is 0.588. The standard InChI is InChI=1S/C18H23BrN2O3Si/c1-23-15-12-20-17(22)21-14(11-19)10-18(16(15)21,24-25(2,3)4)13-8-6-5-7-9-13/h5-9,12,14H,10-11H2,1-4H3/t14-,18-/m0/s1. The number of alkyl halides is 1. The minimum atomic E-state index is -1.95. The molecule has 0 saturated heterocycles. The first-order valence-corrected chi connectivity index (χ1v) is 12.8. The van der Waals surface area contributed by atoms with Gasteiger partial charge in [0.2, 0.25) is 0 Å². The van der Waals surface area contributed by atoms with Gasteiger partial charge in [0.15, 0.2) is 14.1 Å². The third-order valence-corrected chi connectivity index (χ3v) is 6.07. The lowest BCUT2D eigenvalue weighted by molar-refractivity contribution is 0.0968. The molecule has 0 unspecified atom stereocenters. The Bertz CT molecular complexity index is 819. The highest BCUT2D eigenvalue weighted by Gasteiger charge is 2.51. The molecule has 0 saturated carbocycles. The Labute approximate surface area is 157 Å². The predicted molar refractivity (Wildman–Crippen MR) is 104 cm³/mol. The molecule has 2 atom stereocenters. The van der Waals surface area contributed by atoms with Crippen molar-refractivity contribution in [2.24, 2.45) is 0 Å². The second-order valence-electron chi connectivity index (χ2n) is 7.25. The monoisotopic (exact) mass is 422 g/mol. The van der Waals surface area contributed by atoms with Crippen LogP contribution in [-0.4, -0.2) is 30.3 Å². The number of fused-ring (bicyclic) bond motifs is 1. The first-order valence-electron chi connectivity index (χ1n) is 8.30. The van der Waals surface area contributed by atoms with Gasteiger partial charge in [0.05, 0.1) is 19.3 Å². The number of hydrogen-bond acceptors (Lipinski definition) is 4. The predicted octanol–water partition coefficient (Wildman–Crippen LogP) is 3.69. The second-order valence-corrected chi connectivity index (χ2v) is 12.3. The molecule has 0 amide bonds. The molecule has 0 fully saturated rings. The molecule has 2 heterocycles. The molecule has 1 aromatic heterocycles. The molecule has 0 bridgehead atoms. The third kappa shape index (κ3) is 3.20. The van der Waals surface area contributed by atoms with Crippen molar-refractivity contribution in [2.75, 3.05) is 12.4 Å². The fourth-order valence-corrected chi connectivity index (χ4v) is 5.47. The van der Waals surface area contributed by atoms with Crippen LogP contribution in [-0.2, 0) is 10.0 Å². The number of halogens is 1. The fourth-order valence-electron chi connectivity index (χ4n) is 3.61. The lowest BCUT2D eigenvalue weighted by Gasteiger charge is -2.37. The molecule has 5 nitrogen and oxygen atoms in total. The summed E-state index contributed by atoms with van der Waals surface area (Å²) in [6.07, 6.45) is 2.18. The lowest BCUT2D eigenvalue weighted by atomic mass is 9.87. The van der Waals surface area contributed by atoms with Crippen LogP contribution in [0.2, 0.25) is 19.6 Å². The van der Waals surface area contributed by atoms with E-state index in [1.54, 1.807) is 11.7 Å². The van der Waals surface area contributed by atoms with Crippen LogP contribution in [0, 0.1) is 0 Å². The number of benzene rings is 1. The maximum Gasteiger partial charge on any atom is 0.348 e. The van der Waals surface area contributed by atoms with E-state index in [1.165, 1.54) is 6.20 Å². The van der Waals surface area contributed by atoms with Crippen LogP contribution in [0.5, 0.6) is 5.75 Å². The molecule has 0 spiro atoms. The SMILES string of the molecule is COc1cnc(=O)n2c1[C@@](O[Si](C)(C)C)(c1ccccc1)C[C@H]2CBr. The molecule has 0 radical (unpaired) electrons. The van der Waals surface area contributed by atoms with E-state index >= 15 is 0 Å². The van der Waals surface area contributed by atoms with Crippen molar-refractivity contribution >= 4 is 24.2 Å². The highest BCUT2D eigenvalue weighted by atomic mass is 79.9. The Morgan fingerprint density at radius 2 is 2.00 bits per heavy atom. The number of ether oxygens (including phenoxy) is 1. The lowest BCUT2D eigenvalue weighted by Crippen LogP contribution is -2.41. The topological polar surface area (TPSA) is 53.3 Å². The van der Waals surface area contributed by atoms with E-state index in [0.717, 1.165) is 11.3 Å². The van der Waals surface area contributed by atoms with Crippen molar-refractivity contribution in [1.82, 2.24) is 9.55 Å². The summed E-state index contributed by atoms with van der Waals surface area (Å²) in [5, 5.41) is 0.651. The van der Waals surface area contributed by atoms with Gasteiger partial charge < -0.3 is 9.16 Å². The minimum Gasteiger partial charge on any atom is -0.493 e. The maximum atomic E-state index is 12.6. The zero-order valence-corrected chi connectivity index (χ0v) is 17.5. The molecule has 3 rings (SSSR count). The van der Waals surface area contributed by atoms with Crippen LogP contribution < -0.4 is 10.4 Å². The molecule has 1 aliphatic rings. The molecule has 2 aromatic rings. The van der Waals surface area contributed by atoms with Crippen LogP contribution >= 0.6 is 15.9 Å². The van der Waals surface area contributed by atoms with E-state index in [2.05, 4.69) is 52.7 Å². The molecule has 25 heavy (non-hydrogen) atoms. The van der Waals surface area contributed by atoms with Gasteiger partial charge in [-0.2, -0.15) is 4.98 Å². The Morgan fingerprint density at radius 3 is 2.56 bits per heavy atom. The summed E-state index contributed by atoms with van der Waals surface area (Å²) in [6, 6.07) is 10.1. The van der Waals surface area contributed by atoms with Crippen LogP contribution in [0.4, 0.5) is 0 Å². The van der Waals surface area contributed by atoms with Crippen molar-refractivity contribution in [3.8, 4) is 5.75 Å². The number of nitrogens with zero attached hydrogens (tertiary/aromatic N) is 2. The minimum absolute atomic E-state index is 0.0401. The first-order chi connectivity index (χ1) is 11.8. The van der Waals surface area contributed by atoms with Gasteiger partial charge in [-0.1, -0.05) is 46.3 Å². The van der Waals surface area contributed by atoms with Gasteiger partial charge in [-0.3, -0.25) is 4.57 Å². The van der Waals surface area contributed by atoms with Gasteiger partial charge in [0.25, 0.3) is 0 Å². The zero-order valence-electron chi connectivity index (χ0n) is 15.0. The van der Waals surface area contributed by atoms with E-state index in [0.29, 0.717) is 17.5 Å².